The van der Waals surface area contributed by atoms with Gasteiger partial charge in [0, 0.05) is 16.4 Å². The lowest BCUT2D eigenvalue weighted by atomic mass is 10.1. The minimum atomic E-state index is -1.07. The summed E-state index contributed by atoms with van der Waals surface area (Å²) in [5, 5.41) is 21.0. The highest BCUT2D eigenvalue weighted by Crippen LogP contribution is 2.24. The van der Waals surface area contributed by atoms with Gasteiger partial charge in [-0.2, -0.15) is 5.26 Å². The number of nitriles is 1. The highest BCUT2D eigenvalue weighted by atomic mass is 79.9. The average Bonchev–Trinajstić information content (AvgIpc) is 2.42. The lowest BCUT2D eigenvalue weighted by Crippen LogP contribution is -2.05. The zero-order chi connectivity index (χ0) is 14.7. The average molecular weight is 332 g/mol. The molecule has 2 rings (SSSR count). The number of nitrogens with zero attached hydrogens (tertiary/aromatic N) is 2. The minimum Gasteiger partial charge on any atom is -0.478 e. The van der Waals surface area contributed by atoms with Crippen molar-refractivity contribution in [3.8, 4) is 6.07 Å². The Morgan fingerprint density at radius 3 is 2.85 bits per heavy atom. The Hall–Kier alpha value is -2.39. The van der Waals surface area contributed by atoms with Gasteiger partial charge >= 0.3 is 5.97 Å². The summed E-state index contributed by atoms with van der Waals surface area (Å²) in [4.78, 5) is 15.3. The number of carbonyl (C=O) groups is 1. The van der Waals surface area contributed by atoms with Crippen LogP contribution in [-0.4, -0.2) is 16.1 Å². The lowest BCUT2D eigenvalue weighted by Gasteiger charge is -2.11. The van der Waals surface area contributed by atoms with Gasteiger partial charge in [-0.3, -0.25) is 0 Å². The molecule has 0 aliphatic carbocycles. The zero-order valence-corrected chi connectivity index (χ0v) is 12.1. The SMILES string of the molecule is Cc1ccc(C#N)cc1Nc1ncc(Br)cc1C(=O)O. The Bertz CT molecular complexity index is 723. The van der Waals surface area contributed by atoms with Crippen molar-refractivity contribution < 1.29 is 9.90 Å². The first-order valence-electron chi connectivity index (χ1n) is 5.68. The van der Waals surface area contributed by atoms with Crippen LogP contribution in [0.5, 0.6) is 0 Å². The van der Waals surface area contributed by atoms with E-state index < -0.39 is 5.97 Å². The van der Waals surface area contributed by atoms with E-state index in [0.29, 0.717) is 15.7 Å². The molecule has 0 saturated heterocycles. The molecule has 0 spiro atoms. The Kier molecular flexibility index (Phi) is 4.01. The minimum absolute atomic E-state index is 0.0566. The number of halogens is 1. The first-order valence-corrected chi connectivity index (χ1v) is 6.47. The van der Waals surface area contributed by atoms with Crippen LogP contribution < -0.4 is 5.32 Å². The predicted molar refractivity (Wildman–Crippen MR) is 78.1 cm³/mol. The van der Waals surface area contributed by atoms with Gasteiger partial charge in [-0.25, -0.2) is 9.78 Å². The summed E-state index contributed by atoms with van der Waals surface area (Å²) in [6.07, 6.45) is 1.51. The van der Waals surface area contributed by atoms with Gasteiger partial charge in [0.1, 0.15) is 11.4 Å². The molecule has 2 N–H and O–H groups in total. The van der Waals surface area contributed by atoms with Crippen LogP contribution in [0.4, 0.5) is 11.5 Å². The Balaban J connectivity index is 2.45. The third kappa shape index (κ3) is 2.95. The molecular formula is C14H10BrN3O2. The fraction of sp³-hybridized carbons (Fsp3) is 0.0714. The number of aryl methyl sites for hydroxylation is 1. The normalized spacial score (nSPS) is 9.85. The van der Waals surface area contributed by atoms with Crippen LogP contribution in [0.2, 0.25) is 0 Å². The Labute approximate surface area is 124 Å². The van der Waals surface area contributed by atoms with Gasteiger partial charge in [-0.15, -0.1) is 0 Å². The summed E-state index contributed by atoms with van der Waals surface area (Å²) < 4.78 is 0.586. The number of benzene rings is 1. The first kappa shape index (κ1) is 14.0. The van der Waals surface area contributed by atoms with Gasteiger partial charge in [0.2, 0.25) is 0 Å². The number of aromatic nitrogens is 1. The second-order valence-corrected chi connectivity index (χ2v) is 5.04. The molecule has 0 radical (unpaired) electrons. The first-order chi connectivity index (χ1) is 9.51. The third-order valence-electron chi connectivity index (χ3n) is 2.70. The number of nitrogens with one attached hydrogen (secondary N) is 1. The number of hydrogen-bond donors (Lipinski definition) is 2. The maximum Gasteiger partial charge on any atom is 0.339 e. The van der Waals surface area contributed by atoms with Gasteiger partial charge in [0.15, 0.2) is 0 Å². The summed E-state index contributed by atoms with van der Waals surface area (Å²) in [5.41, 5.74) is 2.10. The van der Waals surface area contributed by atoms with E-state index in [1.807, 2.05) is 13.0 Å². The van der Waals surface area contributed by atoms with E-state index in [1.165, 1.54) is 12.3 Å². The maximum absolute atomic E-state index is 11.2. The van der Waals surface area contributed by atoms with Crippen LogP contribution in [0.3, 0.4) is 0 Å². The third-order valence-corrected chi connectivity index (χ3v) is 3.14. The summed E-state index contributed by atoms with van der Waals surface area (Å²) in [6, 6.07) is 8.67. The van der Waals surface area contributed by atoms with Gasteiger partial charge in [-0.05, 0) is 46.6 Å². The van der Waals surface area contributed by atoms with Crippen LogP contribution in [0.15, 0.2) is 34.9 Å². The van der Waals surface area contributed by atoms with Crippen molar-refractivity contribution in [1.29, 1.82) is 5.26 Å². The highest BCUT2D eigenvalue weighted by molar-refractivity contribution is 9.10. The van der Waals surface area contributed by atoms with Crippen molar-refractivity contribution in [2.24, 2.45) is 0 Å². The van der Waals surface area contributed by atoms with E-state index in [0.717, 1.165) is 5.56 Å². The molecule has 5 nitrogen and oxygen atoms in total. The number of carboxylic acids is 1. The molecule has 0 aliphatic heterocycles. The van der Waals surface area contributed by atoms with Gasteiger partial charge in [0.25, 0.3) is 0 Å². The van der Waals surface area contributed by atoms with Crippen LogP contribution in [-0.2, 0) is 0 Å². The van der Waals surface area contributed by atoms with Gasteiger partial charge < -0.3 is 10.4 Å². The van der Waals surface area contributed by atoms with E-state index in [1.54, 1.807) is 18.2 Å². The molecule has 0 atom stereocenters. The second-order valence-electron chi connectivity index (χ2n) is 4.12. The fourth-order valence-corrected chi connectivity index (χ4v) is 1.99. The quantitative estimate of drug-likeness (QED) is 0.899. The van der Waals surface area contributed by atoms with E-state index >= 15 is 0 Å². The molecule has 0 unspecified atom stereocenters. The van der Waals surface area contributed by atoms with E-state index in [9.17, 15) is 9.90 Å². The molecule has 2 aromatic rings. The lowest BCUT2D eigenvalue weighted by molar-refractivity contribution is 0.0697. The summed E-state index contributed by atoms with van der Waals surface area (Å²) in [5.74, 6) is -0.839. The number of pyridine rings is 1. The molecule has 20 heavy (non-hydrogen) atoms. The van der Waals surface area contributed by atoms with Crippen molar-refractivity contribution in [3.63, 3.8) is 0 Å². The largest absolute Gasteiger partial charge is 0.478 e. The molecule has 6 heteroatoms. The predicted octanol–water partition coefficient (Wildman–Crippen LogP) is 3.47. The molecule has 0 saturated carbocycles. The van der Waals surface area contributed by atoms with E-state index in [2.05, 4.69) is 26.2 Å². The van der Waals surface area contributed by atoms with Gasteiger partial charge in [-0.1, -0.05) is 6.07 Å². The number of carboxylic acid groups (broad SMARTS) is 1. The van der Waals surface area contributed by atoms with Gasteiger partial charge in [0.05, 0.1) is 11.6 Å². The number of rotatable bonds is 3. The van der Waals surface area contributed by atoms with Crippen molar-refractivity contribution in [2.45, 2.75) is 6.92 Å². The molecule has 1 aromatic heterocycles. The zero-order valence-electron chi connectivity index (χ0n) is 10.5. The maximum atomic E-state index is 11.2. The number of anilines is 2. The Morgan fingerprint density at radius 1 is 1.45 bits per heavy atom. The van der Waals surface area contributed by atoms with Crippen LogP contribution in [0.25, 0.3) is 0 Å². The van der Waals surface area contributed by atoms with E-state index in [4.69, 9.17) is 5.26 Å². The van der Waals surface area contributed by atoms with Crippen molar-refractivity contribution in [1.82, 2.24) is 4.98 Å². The van der Waals surface area contributed by atoms with Crippen LogP contribution >= 0.6 is 15.9 Å². The topological polar surface area (TPSA) is 86.0 Å². The molecule has 1 aromatic carbocycles. The molecule has 100 valence electrons. The molecule has 0 fully saturated rings. The highest BCUT2D eigenvalue weighted by Gasteiger charge is 2.13. The smallest absolute Gasteiger partial charge is 0.339 e. The van der Waals surface area contributed by atoms with Crippen molar-refractivity contribution in [3.05, 3.63) is 51.6 Å². The monoisotopic (exact) mass is 331 g/mol. The standard InChI is InChI=1S/C14H10BrN3O2/c1-8-2-3-9(6-16)4-12(8)18-13-11(14(19)20)5-10(15)7-17-13/h2-5,7H,1H3,(H,17,18)(H,19,20). The molecule has 1 heterocycles. The fourth-order valence-electron chi connectivity index (χ4n) is 1.66. The Morgan fingerprint density at radius 2 is 2.20 bits per heavy atom. The number of aromatic carboxylic acids is 1. The summed E-state index contributed by atoms with van der Waals surface area (Å²) >= 11 is 3.19. The van der Waals surface area contributed by atoms with Crippen LogP contribution in [0.1, 0.15) is 21.5 Å². The van der Waals surface area contributed by atoms with Crippen molar-refractivity contribution >= 4 is 33.4 Å². The second kappa shape index (κ2) is 5.72. The molecule has 0 aliphatic rings. The molecular weight excluding hydrogens is 322 g/mol. The summed E-state index contributed by atoms with van der Waals surface area (Å²) in [7, 11) is 0. The van der Waals surface area contributed by atoms with Crippen LogP contribution in [0, 0.1) is 18.3 Å². The molecule has 0 amide bonds. The van der Waals surface area contributed by atoms with Crippen molar-refractivity contribution in [2.75, 3.05) is 5.32 Å². The summed E-state index contributed by atoms with van der Waals surface area (Å²) in [6.45, 7) is 1.86. The van der Waals surface area contributed by atoms with E-state index in [-0.39, 0.29) is 11.4 Å². The molecule has 0 bridgehead atoms. The number of hydrogen-bond acceptors (Lipinski definition) is 4.